The van der Waals surface area contributed by atoms with Gasteiger partial charge in [-0.3, -0.25) is 0 Å². The summed E-state index contributed by atoms with van der Waals surface area (Å²) in [6, 6.07) is 0.693. The molecule has 2 nitrogen and oxygen atoms in total. The van der Waals surface area contributed by atoms with Gasteiger partial charge in [-0.1, -0.05) is 20.8 Å². The Labute approximate surface area is 93.5 Å². The third-order valence-electron chi connectivity index (χ3n) is 3.85. The maximum absolute atomic E-state index is 9.71. The van der Waals surface area contributed by atoms with Gasteiger partial charge in [-0.15, -0.1) is 0 Å². The maximum atomic E-state index is 9.71. The second kappa shape index (κ2) is 3.74. The van der Waals surface area contributed by atoms with E-state index in [0.29, 0.717) is 18.1 Å². The Balaban J connectivity index is 2.08. The molecule has 0 aliphatic heterocycles. The largest absolute Gasteiger partial charge is 0.394 e. The molecule has 2 fully saturated rings. The van der Waals surface area contributed by atoms with Gasteiger partial charge in [0.05, 0.1) is 6.61 Å². The lowest BCUT2D eigenvalue weighted by atomic mass is 9.64. The molecule has 0 aromatic carbocycles. The fraction of sp³-hybridized carbons (Fsp3) is 1.00. The van der Waals surface area contributed by atoms with E-state index in [-0.39, 0.29) is 5.54 Å². The molecule has 15 heavy (non-hydrogen) atoms. The van der Waals surface area contributed by atoms with Crippen molar-refractivity contribution in [3.05, 3.63) is 0 Å². The van der Waals surface area contributed by atoms with Crippen LogP contribution in [0.3, 0.4) is 0 Å². The predicted molar refractivity (Wildman–Crippen MR) is 62.8 cm³/mol. The van der Waals surface area contributed by atoms with Crippen LogP contribution in [0.25, 0.3) is 0 Å². The van der Waals surface area contributed by atoms with Gasteiger partial charge in [0.15, 0.2) is 0 Å². The smallest absolute Gasteiger partial charge is 0.0613 e. The molecular weight excluding hydrogens is 186 g/mol. The molecule has 2 N–H and O–H groups in total. The Kier molecular flexibility index (Phi) is 2.85. The molecule has 2 atom stereocenters. The molecule has 2 rings (SSSR count). The first kappa shape index (κ1) is 11.4. The Morgan fingerprint density at radius 1 is 1.27 bits per heavy atom. The van der Waals surface area contributed by atoms with E-state index in [1.54, 1.807) is 0 Å². The van der Waals surface area contributed by atoms with Crippen LogP contribution >= 0.6 is 0 Å². The van der Waals surface area contributed by atoms with E-state index < -0.39 is 0 Å². The second-order valence-electron chi connectivity index (χ2n) is 6.71. The van der Waals surface area contributed by atoms with E-state index in [0.717, 1.165) is 18.8 Å². The van der Waals surface area contributed by atoms with E-state index in [1.165, 1.54) is 19.3 Å². The summed E-state index contributed by atoms with van der Waals surface area (Å²) in [4.78, 5) is 0. The van der Waals surface area contributed by atoms with Gasteiger partial charge in [0, 0.05) is 11.6 Å². The predicted octanol–water partition coefficient (Wildman–Crippen LogP) is 2.32. The molecule has 88 valence electrons. The quantitative estimate of drug-likeness (QED) is 0.751. The first-order valence-corrected chi connectivity index (χ1v) is 6.33. The zero-order valence-corrected chi connectivity index (χ0v) is 10.3. The standard InChI is InChI=1S/C13H25NO/c1-10-6-12(2,3)8-13(7-10,9-15)14-11-4-5-11/h10-11,14-15H,4-9H2,1-3H3. The first-order valence-electron chi connectivity index (χ1n) is 6.33. The first-order chi connectivity index (χ1) is 6.95. The fourth-order valence-electron chi connectivity index (χ4n) is 3.68. The van der Waals surface area contributed by atoms with Crippen LogP contribution in [0.2, 0.25) is 0 Å². The Morgan fingerprint density at radius 3 is 2.40 bits per heavy atom. The molecule has 2 saturated carbocycles. The summed E-state index contributed by atoms with van der Waals surface area (Å²) in [5.74, 6) is 0.729. The van der Waals surface area contributed by atoms with Gasteiger partial charge in [-0.25, -0.2) is 0 Å². The third kappa shape index (κ3) is 2.73. The van der Waals surface area contributed by atoms with Gasteiger partial charge in [0.25, 0.3) is 0 Å². The second-order valence-corrected chi connectivity index (χ2v) is 6.71. The van der Waals surface area contributed by atoms with Crippen LogP contribution in [0.15, 0.2) is 0 Å². The number of nitrogens with one attached hydrogen (secondary N) is 1. The number of hydrogen-bond acceptors (Lipinski definition) is 2. The Morgan fingerprint density at radius 2 is 1.93 bits per heavy atom. The van der Waals surface area contributed by atoms with E-state index in [4.69, 9.17) is 0 Å². The molecule has 0 saturated heterocycles. The van der Waals surface area contributed by atoms with Crippen molar-refractivity contribution in [2.45, 2.75) is 64.5 Å². The summed E-state index contributed by atoms with van der Waals surface area (Å²) in [5.41, 5.74) is 0.393. The van der Waals surface area contributed by atoms with Gasteiger partial charge >= 0.3 is 0 Å². The van der Waals surface area contributed by atoms with Gasteiger partial charge in [-0.05, 0) is 43.4 Å². The van der Waals surface area contributed by atoms with Crippen molar-refractivity contribution in [1.82, 2.24) is 5.32 Å². The molecule has 0 amide bonds. The SMILES string of the molecule is CC1CC(C)(C)CC(CO)(NC2CC2)C1. The normalized spacial score (nSPS) is 40.4. The van der Waals surface area contributed by atoms with Crippen molar-refractivity contribution in [2.24, 2.45) is 11.3 Å². The molecule has 0 aromatic heterocycles. The molecule has 2 aliphatic carbocycles. The molecule has 0 spiro atoms. The van der Waals surface area contributed by atoms with E-state index in [9.17, 15) is 5.11 Å². The zero-order valence-electron chi connectivity index (χ0n) is 10.3. The van der Waals surface area contributed by atoms with Crippen LogP contribution in [-0.4, -0.2) is 23.3 Å². The van der Waals surface area contributed by atoms with Crippen molar-refractivity contribution in [3.8, 4) is 0 Å². The Hall–Kier alpha value is -0.0800. The summed E-state index contributed by atoms with van der Waals surface area (Å²) in [6.07, 6.45) is 6.16. The van der Waals surface area contributed by atoms with Crippen LogP contribution in [0.4, 0.5) is 0 Å². The molecule has 2 unspecified atom stereocenters. The van der Waals surface area contributed by atoms with Crippen LogP contribution in [0.5, 0.6) is 0 Å². The van der Waals surface area contributed by atoms with Crippen molar-refractivity contribution < 1.29 is 5.11 Å². The van der Waals surface area contributed by atoms with Crippen molar-refractivity contribution in [3.63, 3.8) is 0 Å². The minimum Gasteiger partial charge on any atom is -0.394 e. The van der Waals surface area contributed by atoms with E-state index in [1.807, 2.05) is 0 Å². The lowest BCUT2D eigenvalue weighted by Crippen LogP contribution is -2.55. The topological polar surface area (TPSA) is 32.3 Å². The molecule has 0 bridgehead atoms. The van der Waals surface area contributed by atoms with Crippen LogP contribution in [-0.2, 0) is 0 Å². The number of aliphatic hydroxyl groups is 1. The van der Waals surface area contributed by atoms with Crippen molar-refractivity contribution in [1.29, 1.82) is 0 Å². The fourth-order valence-corrected chi connectivity index (χ4v) is 3.68. The van der Waals surface area contributed by atoms with Crippen LogP contribution < -0.4 is 5.32 Å². The highest BCUT2D eigenvalue weighted by Crippen LogP contribution is 2.44. The highest BCUT2D eigenvalue weighted by molar-refractivity contribution is 5.02. The van der Waals surface area contributed by atoms with Crippen LogP contribution in [0, 0.1) is 11.3 Å². The summed E-state index contributed by atoms with van der Waals surface area (Å²) in [7, 11) is 0. The number of rotatable bonds is 3. The molecule has 0 radical (unpaired) electrons. The number of hydrogen-bond donors (Lipinski definition) is 2. The van der Waals surface area contributed by atoms with Gasteiger partial charge in [0.2, 0.25) is 0 Å². The minimum atomic E-state index is 0.0162. The summed E-state index contributed by atoms with van der Waals surface area (Å²) < 4.78 is 0. The number of aliphatic hydroxyl groups excluding tert-OH is 1. The van der Waals surface area contributed by atoms with Crippen LogP contribution in [0.1, 0.15) is 52.9 Å². The van der Waals surface area contributed by atoms with E-state index in [2.05, 4.69) is 26.1 Å². The lowest BCUT2D eigenvalue weighted by Gasteiger charge is -2.47. The molecule has 2 heteroatoms. The zero-order chi connectivity index (χ0) is 11.1. The highest BCUT2D eigenvalue weighted by atomic mass is 16.3. The average Bonchev–Trinajstić information content (AvgIpc) is 2.84. The summed E-state index contributed by atoms with van der Waals surface area (Å²) in [6.45, 7) is 7.29. The van der Waals surface area contributed by atoms with Crippen molar-refractivity contribution >= 4 is 0 Å². The maximum Gasteiger partial charge on any atom is 0.0613 e. The van der Waals surface area contributed by atoms with Gasteiger partial charge in [0.1, 0.15) is 0 Å². The lowest BCUT2D eigenvalue weighted by molar-refractivity contribution is 0.0352. The highest BCUT2D eigenvalue weighted by Gasteiger charge is 2.44. The molecule has 2 aliphatic rings. The third-order valence-corrected chi connectivity index (χ3v) is 3.85. The van der Waals surface area contributed by atoms with Gasteiger partial charge < -0.3 is 10.4 Å². The molecular formula is C13H25NO. The summed E-state index contributed by atoms with van der Waals surface area (Å²) >= 11 is 0. The van der Waals surface area contributed by atoms with E-state index >= 15 is 0 Å². The molecule has 0 aromatic rings. The van der Waals surface area contributed by atoms with Gasteiger partial charge in [-0.2, -0.15) is 0 Å². The molecule has 0 heterocycles. The minimum absolute atomic E-state index is 0.0162. The Bertz CT molecular complexity index is 231. The van der Waals surface area contributed by atoms with Crippen molar-refractivity contribution in [2.75, 3.05) is 6.61 Å². The monoisotopic (exact) mass is 211 g/mol. The average molecular weight is 211 g/mol. The summed E-state index contributed by atoms with van der Waals surface area (Å²) in [5, 5.41) is 13.4.